The Bertz CT molecular complexity index is 869. The highest BCUT2D eigenvalue weighted by molar-refractivity contribution is 6.36. The van der Waals surface area contributed by atoms with Crippen molar-refractivity contribution in [2.45, 2.75) is 19.1 Å². The first-order valence-electron chi connectivity index (χ1n) is 8.93. The van der Waals surface area contributed by atoms with Crippen LogP contribution in [0.25, 0.3) is 0 Å². The zero-order valence-electron chi connectivity index (χ0n) is 15.5. The smallest absolute Gasteiger partial charge is 0.354 e. The molecule has 156 valence electrons. The van der Waals surface area contributed by atoms with Crippen molar-refractivity contribution >= 4 is 40.6 Å². The third-order valence-corrected chi connectivity index (χ3v) is 5.38. The maximum atomic E-state index is 12.7. The fourth-order valence-corrected chi connectivity index (χ4v) is 3.53. The molecule has 0 bridgehead atoms. The summed E-state index contributed by atoms with van der Waals surface area (Å²) in [6, 6.07) is 6.84. The van der Waals surface area contributed by atoms with Crippen molar-refractivity contribution in [2.24, 2.45) is 0 Å². The average molecular weight is 447 g/mol. The van der Waals surface area contributed by atoms with Crippen LogP contribution in [0.1, 0.15) is 12.5 Å². The van der Waals surface area contributed by atoms with Gasteiger partial charge in [0.2, 0.25) is 5.91 Å². The van der Waals surface area contributed by atoms with Crippen LogP contribution in [0.3, 0.4) is 0 Å². The molecule has 1 aromatic carbocycles. The normalized spacial score (nSPS) is 16.6. The van der Waals surface area contributed by atoms with Crippen molar-refractivity contribution in [3.05, 3.63) is 52.1 Å². The van der Waals surface area contributed by atoms with Crippen molar-refractivity contribution in [1.29, 1.82) is 0 Å². The van der Waals surface area contributed by atoms with Crippen LogP contribution in [0.4, 0.5) is 24.7 Å². The van der Waals surface area contributed by atoms with E-state index in [2.05, 4.69) is 10.3 Å². The van der Waals surface area contributed by atoms with Gasteiger partial charge in [-0.15, -0.1) is 0 Å². The number of nitrogens with zero attached hydrogens (tertiary/aromatic N) is 3. The van der Waals surface area contributed by atoms with Crippen LogP contribution in [-0.2, 0) is 11.0 Å². The maximum absolute atomic E-state index is 12.7. The van der Waals surface area contributed by atoms with Gasteiger partial charge in [-0.1, -0.05) is 23.2 Å². The van der Waals surface area contributed by atoms with E-state index in [-0.39, 0.29) is 5.91 Å². The summed E-state index contributed by atoms with van der Waals surface area (Å²) < 4.78 is 38.0. The molecule has 1 unspecified atom stereocenters. The number of amides is 1. The van der Waals surface area contributed by atoms with Crippen LogP contribution in [0.15, 0.2) is 36.5 Å². The van der Waals surface area contributed by atoms with Crippen molar-refractivity contribution in [3.8, 4) is 0 Å². The van der Waals surface area contributed by atoms with Crippen molar-refractivity contribution in [3.63, 3.8) is 0 Å². The summed E-state index contributed by atoms with van der Waals surface area (Å²) in [5.41, 5.74) is -0.286. The summed E-state index contributed by atoms with van der Waals surface area (Å²) >= 11 is 12.0. The number of aromatic nitrogens is 1. The Kier molecular flexibility index (Phi) is 6.55. The molecule has 1 N–H and O–H groups in total. The number of benzene rings is 1. The summed E-state index contributed by atoms with van der Waals surface area (Å²) in [5.74, 6) is 0.290. The Morgan fingerprint density at radius 3 is 2.38 bits per heavy atom. The molecule has 2 heterocycles. The van der Waals surface area contributed by atoms with E-state index in [4.69, 9.17) is 23.2 Å². The maximum Gasteiger partial charge on any atom is 0.417 e. The Balaban J connectivity index is 1.56. The molecule has 0 aliphatic carbocycles. The van der Waals surface area contributed by atoms with Gasteiger partial charge in [0.25, 0.3) is 0 Å². The van der Waals surface area contributed by atoms with E-state index in [9.17, 15) is 18.0 Å². The standard InChI is InChI=1S/C19H19Cl2F3N4O/c1-12(18(29)26-16-4-3-14(20)10-15(16)21)27-6-8-28(9-7-27)17-5-2-13(11-25-17)19(22,23)24/h2-5,10-12H,6-9H2,1H3,(H,26,29). The second-order valence-corrected chi connectivity index (χ2v) is 7.56. The molecule has 1 saturated heterocycles. The molecule has 1 amide bonds. The quantitative estimate of drug-likeness (QED) is 0.747. The number of carbonyl (C=O) groups is 1. The summed E-state index contributed by atoms with van der Waals surface area (Å²) in [6.07, 6.45) is -3.56. The Hall–Kier alpha value is -2.03. The molecule has 0 spiro atoms. The van der Waals surface area contributed by atoms with Gasteiger partial charge in [-0.3, -0.25) is 9.69 Å². The van der Waals surface area contributed by atoms with E-state index < -0.39 is 17.8 Å². The highest BCUT2D eigenvalue weighted by Crippen LogP contribution is 2.29. The van der Waals surface area contributed by atoms with Gasteiger partial charge < -0.3 is 10.2 Å². The molecular formula is C19H19Cl2F3N4O. The number of piperazine rings is 1. The lowest BCUT2D eigenvalue weighted by Crippen LogP contribution is -2.53. The van der Waals surface area contributed by atoms with Gasteiger partial charge in [0.15, 0.2) is 0 Å². The van der Waals surface area contributed by atoms with Crippen LogP contribution in [0.5, 0.6) is 0 Å². The minimum Gasteiger partial charge on any atom is -0.354 e. The van der Waals surface area contributed by atoms with Crippen molar-refractivity contribution in [2.75, 3.05) is 36.4 Å². The van der Waals surface area contributed by atoms with Crippen LogP contribution < -0.4 is 10.2 Å². The minimum atomic E-state index is -4.40. The SMILES string of the molecule is CC(C(=O)Nc1ccc(Cl)cc1Cl)N1CCN(c2ccc(C(F)(F)F)cn2)CC1. The van der Waals surface area contributed by atoms with E-state index in [0.29, 0.717) is 47.7 Å². The number of pyridine rings is 1. The molecule has 29 heavy (non-hydrogen) atoms. The zero-order chi connectivity index (χ0) is 21.2. The molecule has 1 atom stereocenters. The first-order chi connectivity index (χ1) is 13.6. The number of carbonyl (C=O) groups excluding carboxylic acids is 1. The number of nitrogens with one attached hydrogen (secondary N) is 1. The number of alkyl halides is 3. The summed E-state index contributed by atoms with van der Waals surface area (Å²) in [6.45, 7) is 4.05. The molecule has 5 nitrogen and oxygen atoms in total. The lowest BCUT2D eigenvalue weighted by molar-refractivity contribution is -0.137. The van der Waals surface area contributed by atoms with E-state index in [1.165, 1.54) is 6.07 Å². The molecule has 1 aliphatic rings. The monoisotopic (exact) mass is 446 g/mol. The van der Waals surface area contributed by atoms with Crippen LogP contribution in [-0.4, -0.2) is 48.0 Å². The number of halogens is 5. The molecule has 2 aromatic rings. The largest absolute Gasteiger partial charge is 0.417 e. The van der Waals surface area contributed by atoms with Crippen LogP contribution in [0, 0.1) is 0 Å². The average Bonchev–Trinajstić information content (AvgIpc) is 2.69. The second kappa shape index (κ2) is 8.77. The Morgan fingerprint density at radius 1 is 1.14 bits per heavy atom. The predicted octanol–water partition coefficient (Wildman–Crippen LogP) is 4.56. The lowest BCUT2D eigenvalue weighted by atomic mass is 10.2. The fraction of sp³-hybridized carbons (Fsp3) is 0.368. The molecule has 3 rings (SSSR count). The number of hydrogen-bond donors (Lipinski definition) is 1. The molecule has 0 saturated carbocycles. The zero-order valence-corrected chi connectivity index (χ0v) is 17.0. The molecule has 1 fully saturated rings. The van der Waals surface area contributed by atoms with Gasteiger partial charge in [-0.25, -0.2) is 4.98 Å². The predicted molar refractivity (Wildman–Crippen MR) is 108 cm³/mol. The lowest BCUT2D eigenvalue weighted by Gasteiger charge is -2.38. The van der Waals surface area contributed by atoms with Gasteiger partial charge >= 0.3 is 6.18 Å². The second-order valence-electron chi connectivity index (χ2n) is 6.72. The third-order valence-electron chi connectivity index (χ3n) is 4.83. The van der Waals surface area contributed by atoms with E-state index in [0.717, 1.165) is 12.3 Å². The molecule has 0 radical (unpaired) electrons. The molecule has 1 aliphatic heterocycles. The summed E-state index contributed by atoms with van der Waals surface area (Å²) in [5, 5.41) is 3.63. The Morgan fingerprint density at radius 2 is 1.83 bits per heavy atom. The van der Waals surface area contributed by atoms with Crippen molar-refractivity contribution in [1.82, 2.24) is 9.88 Å². The first-order valence-corrected chi connectivity index (χ1v) is 9.69. The number of rotatable bonds is 4. The topological polar surface area (TPSA) is 48.5 Å². The van der Waals surface area contributed by atoms with E-state index >= 15 is 0 Å². The molecule has 1 aromatic heterocycles. The molecule has 10 heteroatoms. The fourth-order valence-electron chi connectivity index (χ4n) is 3.07. The summed E-state index contributed by atoms with van der Waals surface area (Å²) in [4.78, 5) is 20.4. The number of anilines is 2. The van der Waals surface area contributed by atoms with Crippen molar-refractivity contribution < 1.29 is 18.0 Å². The first kappa shape index (κ1) is 21.7. The van der Waals surface area contributed by atoms with Gasteiger partial charge in [0, 0.05) is 37.4 Å². The van der Waals surface area contributed by atoms with Gasteiger partial charge in [-0.05, 0) is 37.3 Å². The minimum absolute atomic E-state index is 0.199. The highest BCUT2D eigenvalue weighted by Gasteiger charge is 2.31. The Labute approximate surface area is 176 Å². The van der Waals surface area contributed by atoms with E-state index in [1.54, 1.807) is 25.1 Å². The summed E-state index contributed by atoms with van der Waals surface area (Å²) in [7, 11) is 0. The van der Waals surface area contributed by atoms with Gasteiger partial charge in [0.05, 0.1) is 22.3 Å². The highest BCUT2D eigenvalue weighted by atomic mass is 35.5. The van der Waals surface area contributed by atoms with Crippen LogP contribution in [0.2, 0.25) is 10.0 Å². The molecular weight excluding hydrogens is 428 g/mol. The third kappa shape index (κ3) is 5.32. The van der Waals surface area contributed by atoms with Gasteiger partial charge in [-0.2, -0.15) is 13.2 Å². The van der Waals surface area contributed by atoms with Crippen LogP contribution >= 0.6 is 23.2 Å². The van der Waals surface area contributed by atoms with E-state index in [1.807, 2.05) is 9.80 Å². The number of hydrogen-bond acceptors (Lipinski definition) is 4. The van der Waals surface area contributed by atoms with Gasteiger partial charge in [0.1, 0.15) is 5.82 Å².